The molecule has 0 aliphatic rings. The number of halogens is 3. The summed E-state index contributed by atoms with van der Waals surface area (Å²) in [6, 6.07) is 3.84. The van der Waals surface area contributed by atoms with Crippen LogP contribution in [0, 0.1) is 0 Å². The number of hydrogen-bond donors (Lipinski definition) is 3. The van der Waals surface area contributed by atoms with E-state index in [2.05, 4.69) is 10.6 Å². The van der Waals surface area contributed by atoms with E-state index in [0.717, 1.165) is 12.1 Å². The lowest BCUT2D eigenvalue weighted by molar-refractivity contribution is -0.137. The Kier molecular flexibility index (Phi) is 6.10. The first-order valence-corrected chi connectivity index (χ1v) is 5.86. The lowest BCUT2D eigenvalue weighted by atomic mass is 10.2. The Bertz CT molecular complexity index is 421. The number of nitrogens with one attached hydrogen (secondary N) is 2. The smallest absolute Gasteiger partial charge is 0.416 e. The summed E-state index contributed by atoms with van der Waals surface area (Å²) in [4.78, 5) is 11.1. The highest BCUT2D eigenvalue weighted by Gasteiger charge is 2.29. The molecule has 0 saturated heterocycles. The van der Waals surface area contributed by atoms with E-state index >= 15 is 0 Å². The molecule has 1 rings (SSSR count). The molecule has 0 fully saturated rings. The minimum Gasteiger partial charge on any atom is -0.492 e. The van der Waals surface area contributed by atoms with Gasteiger partial charge < -0.3 is 20.5 Å². The molecule has 1 aromatic carbocycles. The van der Waals surface area contributed by atoms with E-state index < -0.39 is 17.8 Å². The summed E-state index contributed by atoms with van der Waals surface area (Å²) < 4.78 is 42.1. The minimum absolute atomic E-state index is 0.123. The lowest BCUT2D eigenvalue weighted by Gasteiger charge is -2.10. The molecule has 0 unspecified atom stereocenters. The Morgan fingerprint density at radius 1 is 1.15 bits per heavy atom. The highest BCUT2D eigenvalue weighted by molar-refractivity contribution is 5.73. The molecule has 0 radical (unpaired) electrons. The molecule has 8 heteroatoms. The summed E-state index contributed by atoms with van der Waals surface area (Å²) in [6.45, 7) is 0.303. The lowest BCUT2D eigenvalue weighted by Crippen LogP contribution is -2.38. The first kappa shape index (κ1) is 16.1. The third-order valence-corrected chi connectivity index (χ3v) is 2.24. The molecule has 3 N–H and O–H groups in total. The van der Waals surface area contributed by atoms with Crippen LogP contribution < -0.4 is 15.4 Å². The highest BCUT2D eigenvalue weighted by Crippen LogP contribution is 2.30. The van der Waals surface area contributed by atoms with Crippen LogP contribution in [0.4, 0.5) is 18.0 Å². The zero-order chi connectivity index (χ0) is 15.0. The van der Waals surface area contributed by atoms with E-state index in [1.807, 2.05) is 0 Å². The van der Waals surface area contributed by atoms with Gasteiger partial charge in [0.15, 0.2) is 0 Å². The normalized spacial score (nSPS) is 11.0. The van der Waals surface area contributed by atoms with Crippen molar-refractivity contribution in [2.24, 2.45) is 0 Å². The summed E-state index contributed by atoms with van der Waals surface area (Å²) in [5.41, 5.74) is -0.744. The molecular weight excluding hydrogens is 277 g/mol. The second kappa shape index (κ2) is 7.59. The van der Waals surface area contributed by atoms with Gasteiger partial charge in [0, 0.05) is 6.54 Å². The fraction of sp³-hybridized carbons (Fsp3) is 0.417. The Morgan fingerprint density at radius 2 is 1.75 bits per heavy atom. The molecule has 0 bridgehead atoms. The van der Waals surface area contributed by atoms with Gasteiger partial charge in [-0.25, -0.2) is 4.79 Å². The molecule has 2 amide bonds. The molecule has 0 heterocycles. The van der Waals surface area contributed by atoms with Crippen LogP contribution in [0.1, 0.15) is 5.56 Å². The summed E-state index contributed by atoms with van der Waals surface area (Å²) in [6.07, 6.45) is -4.37. The van der Waals surface area contributed by atoms with Crippen LogP contribution in [0.2, 0.25) is 0 Å². The predicted molar refractivity (Wildman–Crippen MR) is 65.4 cm³/mol. The summed E-state index contributed by atoms with van der Waals surface area (Å²) in [5.74, 6) is 0.288. The number of carbonyl (C=O) groups is 1. The zero-order valence-electron chi connectivity index (χ0n) is 10.5. The minimum atomic E-state index is -4.37. The molecule has 0 aliphatic carbocycles. The number of amides is 2. The Morgan fingerprint density at radius 3 is 2.30 bits per heavy atom. The Hall–Kier alpha value is -1.96. The molecule has 1 aromatic rings. The maximum absolute atomic E-state index is 12.3. The van der Waals surface area contributed by atoms with Gasteiger partial charge in [-0.15, -0.1) is 0 Å². The molecule has 20 heavy (non-hydrogen) atoms. The number of alkyl halides is 3. The van der Waals surface area contributed by atoms with Crippen LogP contribution in [0.15, 0.2) is 24.3 Å². The second-order valence-electron chi connectivity index (χ2n) is 3.78. The van der Waals surface area contributed by atoms with Gasteiger partial charge >= 0.3 is 12.2 Å². The topological polar surface area (TPSA) is 70.6 Å². The van der Waals surface area contributed by atoms with Gasteiger partial charge in [0.25, 0.3) is 0 Å². The molecule has 5 nitrogen and oxygen atoms in total. The van der Waals surface area contributed by atoms with E-state index in [1.54, 1.807) is 0 Å². The van der Waals surface area contributed by atoms with Gasteiger partial charge in [0.1, 0.15) is 12.4 Å². The van der Waals surface area contributed by atoms with Crippen molar-refractivity contribution in [1.29, 1.82) is 0 Å². The number of rotatable bonds is 6. The van der Waals surface area contributed by atoms with Crippen LogP contribution in [0.25, 0.3) is 0 Å². The fourth-order valence-electron chi connectivity index (χ4n) is 1.31. The summed E-state index contributed by atoms with van der Waals surface area (Å²) in [7, 11) is 0. The van der Waals surface area contributed by atoms with Gasteiger partial charge in [-0.1, -0.05) is 0 Å². The molecule has 0 aliphatic heterocycles. The Balaban J connectivity index is 2.27. The van der Waals surface area contributed by atoms with Crippen molar-refractivity contribution in [3.8, 4) is 5.75 Å². The maximum atomic E-state index is 12.3. The van der Waals surface area contributed by atoms with Crippen molar-refractivity contribution in [2.45, 2.75) is 6.18 Å². The average Bonchev–Trinajstić information content (AvgIpc) is 2.41. The maximum Gasteiger partial charge on any atom is 0.416 e. The van der Waals surface area contributed by atoms with Crippen molar-refractivity contribution in [2.75, 3.05) is 26.3 Å². The van der Waals surface area contributed by atoms with Crippen LogP contribution in [-0.2, 0) is 6.18 Å². The van der Waals surface area contributed by atoms with Gasteiger partial charge in [0.2, 0.25) is 0 Å². The quantitative estimate of drug-likeness (QED) is 0.694. The largest absolute Gasteiger partial charge is 0.492 e. The first-order valence-electron chi connectivity index (χ1n) is 5.86. The number of hydrogen-bond acceptors (Lipinski definition) is 3. The van der Waals surface area contributed by atoms with Crippen molar-refractivity contribution in [3.05, 3.63) is 29.8 Å². The summed E-state index contributed by atoms with van der Waals surface area (Å²) >= 11 is 0. The first-order chi connectivity index (χ1) is 9.43. The standard InChI is InChI=1S/C12H15F3N2O3/c13-12(14,15)9-1-3-10(4-2-9)20-8-6-17-11(19)16-5-7-18/h1-4,18H,5-8H2,(H2,16,17,19). The molecule has 0 atom stereocenters. The number of urea groups is 1. The molecule has 0 saturated carbocycles. The molecule has 112 valence electrons. The van der Waals surface area contributed by atoms with Crippen LogP contribution >= 0.6 is 0 Å². The van der Waals surface area contributed by atoms with Crippen molar-refractivity contribution in [3.63, 3.8) is 0 Å². The molecule has 0 spiro atoms. The second-order valence-corrected chi connectivity index (χ2v) is 3.78. The number of aliphatic hydroxyl groups excluding tert-OH is 1. The Labute approximate surface area is 113 Å². The van der Waals surface area contributed by atoms with E-state index in [4.69, 9.17) is 9.84 Å². The van der Waals surface area contributed by atoms with Gasteiger partial charge in [-0.2, -0.15) is 13.2 Å². The van der Waals surface area contributed by atoms with Crippen molar-refractivity contribution < 1.29 is 27.8 Å². The summed E-state index contributed by atoms with van der Waals surface area (Å²) in [5, 5.41) is 13.3. The van der Waals surface area contributed by atoms with E-state index in [0.29, 0.717) is 0 Å². The fourth-order valence-corrected chi connectivity index (χ4v) is 1.31. The van der Waals surface area contributed by atoms with Crippen molar-refractivity contribution in [1.82, 2.24) is 10.6 Å². The van der Waals surface area contributed by atoms with Crippen LogP contribution in [0.3, 0.4) is 0 Å². The van der Waals surface area contributed by atoms with Gasteiger partial charge in [0.05, 0.1) is 18.7 Å². The van der Waals surface area contributed by atoms with Gasteiger partial charge in [-0.3, -0.25) is 0 Å². The van der Waals surface area contributed by atoms with E-state index in [-0.39, 0.29) is 32.1 Å². The molecular formula is C12H15F3N2O3. The van der Waals surface area contributed by atoms with Crippen molar-refractivity contribution >= 4 is 6.03 Å². The average molecular weight is 292 g/mol. The third-order valence-electron chi connectivity index (χ3n) is 2.24. The highest BCUT2D eigenvalue weighted by atomic mass is 19.4. The third kappa shape index (κ3) is 5.79. The number of ether oxygens (including phenoxy) is 1. The SMILES string of the molecule is O=C(NCCO)NCCOc1ccc(C(F)(F)F)cc1. The van der Waals surface area contributed by atoms with Gasteiger partial charge in [-0.05, 0) is 24.3 Å². The van der Waals surface area contributed by atoms with E-state index in [9.17, 15) is 18.0 Å². The number of carbonyl (C=O) groups excluding carboxylic acids is 1. The van der Waals surface area contributed by atoms with Crippen LogP contribution in [0.5, 0.6) is 5.75 Å². The zero-order valence-corrected chi connectivity index (χ0v) is 10.5. The molecule has 0 aromatic heterocycles. The monoisotopic (exact) mass is 292 g/mol. The number of benzene rings is 1. The number of aliphatic hydroxyl groups is 1. The van der Waals surface area contributed by atoms with E-state index in [1.165, 1.54) is 12.1 Å². The van der Waals surface area contributed by atoms with Crippen LogP contribution in [-0.4, -0.2) is 37.4 Å². The predicted octanol–water partition coefficient (Wildman–Crippen LogP) is 1.38.